The van der Waals surface area contributed by atoms with E-state index in [1.165, 1.54) is 5.56 Å². The fourth-order valence-electron chi connectivity index (χ4n) is 1.89. The second-order valence-electron chi connectivity index (χ2n) is 5.61. The van der Waals surface area contributed by atoms with Crippen LogP contribution < -0.4 is 5.73 Å². The number of imidazole rings is 1. The molecule has 3 heteroatoms. The predicted octanol–water partition coefficient (Wildman–Crippen LogP) is 2.97. The average Bonchev–Trinajstić information content (AvgIpc) is 2.42. The minimum Gasteiger partial charge on any atom is -0.369 e. The summed E-state index contributed by atoms with van der Waals surface area (Å²) in [5.74, 6) is 0.607. The highest BCUT2D eigenvalue weighted by Crippen LogP contribution is 2.24. The molecule has 16 heavy (non-hydrogen) atoms. The highest BCUT2D eigenvalue weighted by molar-refractivity contribution is 5.79. The summed E-state index contributed by atoms with van der Waals surface area (Å²) < 4.78 is 2.10. The Morgan fingerprint density at radius 1 is 1.31 bits per heavy atom. The number of aromatic nitrogens is 2. The number of fused-ring (bicyclic) bond motifs is 1. The zero-order valence-electron chi connectivity index (χ0n) is 10.4. The molecule has 0 aliphatic heterocycles. The Morgan fingerprint density at radius 2 is 2.00 bits per heavy atom. The molecule has 0 amide bonds. The number of rotatable bonds is 1. The molecule has 2 N–H and O–H groups in total. The monoisotopic (exact) mass is 217 g/mol. The van der Waals surface area contributed by atoms with Crippen molar-refractivity contribution in [3.63, 3.8) is 0 Å². The molecule has 3 nitrogen and oxygen atoms in total. The van der Waals surface area contributed by atoms with E-state index in [2.05, 4.69) is 49.4 Å². The number of hydrogen-bond donors (Lipinski definition) is 1. The molecule has 0 aliphatic rings. The minimum absolute atomic E-state index is 0.200. The maximum Gasteiger partial charge on any atom is 0.201 e. The number of nitrogen functional groups attached to an aromatic ring is 1. The van der Waals surface area contributed by atoms with E-state index in [1.54, 1.807) is 0 Å². The first-order chi connectivity index (χ1) is 7.37. The van der Waals surface area contributed by atoms with Crippen LogP contribution >= 0.6 is 0 Å². The number of nitrogens with zero attached hydrogens (tertiary/aromatic N) is 2. The van der Waals surface area contributed by atoms with Crippen LogP contribution in [0, 0.1) is 12.3 Å². The van der Waals surface area contributed by atoms with Crippen molar-refractivity contribution >= 4 is 17.0 Å². The van der Waals surface area contributed by atoms with Gasteiger partial charge in [0.15, 0.2) is 0 Å². The fourth-order valence-corrected chi connectivity index (χ4v) is 1.89. The summed E-state index contributed by atoms with van der Waals surface area (Å²) in [5.41, 5.74) is 9.51. The van der Waals surface area contributed by atoms with E-state index in [-0.39, 0.29) is 5.41 Å². The third kappa shape index (κ3) is 2.03. The SMILES string of the molecule is Cc1ccc2nc(N)n(CC(C)(C)C)c2c1. The summed E-state index contributed by atoms with van der Waals surface area (Å²) in [6.07, 6.45) is 0. The van der Waals surface area contributed by atoms with Gasteiger partial charge in [0, 0.05) is 6.54 Å². The van der Waals surface area contributed by atoms with Crippen molar-refractivity contribution in [3.05, 3.63) is 23.8 Å². The lowest BCUT2D eigenvalue weighted by molar-refractivity contribution is 0.351. The lowest BCUT2D eigenvalue weighted by Gasteiger charge is -2.20. The number of nitrogens with two attached hydrogens (primary N) is 1. The molecule has 0 saturated heterocycles. The van der Waals surface area contributed by atoms with Crippen molar-refractivity contribution in [3.8, 4) is 0 Å². The van der Waals surface area contributed by atoms with E-state index in [0.29, 0.717) is 5.95 Å². The summed E-state index contributed by atoms with van der Waals surface area (Å²) in [5, 5.41) is 0. The zero-order chi connectivity index (χ0) is 11.9. The van der Waals surface area contributed by atoms with Crippen LogP contribution in [0.5, 0.6) is 0 Å². The third-order valence-corrected chi connectivity index (χ3v) is 2.57. The van der Waals surface area contributed by atoms with Gasteiger partial charge in [-0.05, 0) is 30.0 Å². The van der Waals surface area contributed by atoms with E-state index in [4.69, 9.17) is 5.73 Å². The first kappa shape index (κ1) is 11.0. The molecule has 0 bridgehead atoms. The molecule has 0 unspecified atom stereocenters. The average molecular weight is 217 g/mol. The molecule has 1 aromatic heterocycles. The van der Waals surface area contributed by atoms with E-state index >= 15 is 0 Å². The molecule has 0 atom stereocenters. The van der Waals surface area contributed by atoms with E-state index < -0.39 is 0 Å². The Hall–Kier alpha value is -1.51. The molecule has 0 radical (unpaired) electrons. The number of hydrogen-bond acceptors (Lipinski definition) is 2. The second-order valence-corrected chi connectivity index (χ2v) is 5.61. The molecule has 1 aromatic carbocycles. The molecule has 1 heterocycles. The minimum atomic E-state index is 0.200. The standard InChI is InChI=1S/C13H19N3/c1-9-5-6-10-11(7-9)16(12(14)15-10)8-13(2,3)4/h5-7H,8H2,1-4H3,(H2,14,15). The zero-order valence-corrected chi connectivity index (χ0v) is 10.4. The van der Waals surface area contributed by atoms with Gasteiger partial charge in [-0.1, -0.05) is 26.8 Å². The molecule has 2 aromatic rings. The molecule has 0 saturated carbocycles. The maximum atomic E-state index is 5.96. The van der Waals surface area contributed by atoms with Gasteiger partial charge in [-0.25, -0.2) is 4.98 Å². The quantitative estimate of drug-likeness (QED) is 0.798. The summed E-state index contributed by atoms with van der Waals surface area (Å²) in [6.45, 7) is 9.58. The van der Waals surface area contributed by atoms with Crippen molar-refractivity contribution < 1.29 is 0 Å². The van der Waals surface area contributed by atoms with Crippen LogP contribution in [0.1, 0.15) is 26.3 Å². The molecule has 0 aliphatic carbocycles. The molecule has 2 rings (SSSR count). The van der Waals surface area contributed by atoms with Crippen molar-refractivity contribution in [1.82, 2.24) is 9.55 Å². The van der Waals surface area contributed by atoms with Gasteiger partial charge in [-0.3, -0.25) is 0 Å². The van der Waals surface area contributed by atoms with Crippen LogP contribution in [0.15, 0.2) is 18.2 Å². The Bertz CT molecular complexity index is 518. The van der Waals surface area contributed by atoms with Gasteiger partial charge in [-0.15, -0.1) is 0 Å². The topological polar surface area (TPSA) is 43.8 Å². The van der Waals surface area contributed by atoms with Crippen molar-refractivity contribution in [1.29, 1.82) is 0 Å². The van der Waals surface area contributed by atoms with Gasteiger partial charge in [-0.2, -0.15) is 0 Å². The van der Waals surface area contributed by atoms with Crippen molar-refractivity contribution in [2.45, 2.75) is 34.2 Å². The first-order valence-corrected chi connectivity index (χ1v) is 5.59. The maximum absolute atomic E-state index is 5.96. The largest absolute Gasteiger partial charge is 0.369 e. The van der Waals surface area contributed by atoms with Gasteiger partial charge >= 0.3 is 0 Å². The molecular weight excluding hydrogens is 198 g/mol. The Labute approximate surface area is 96.3 Å². The van der Waals surface area contributed by atoms with Gasteiger partial charge in [0.25, 0.3) is 0 Å². The molecule has 86 valence electrons. The number of benzene rings is 1. The second kappa shape index (κ2) is 3.51. The highest BCUT2D eigenvalue weighted by atomic mass is 15.2. The number of aryl methyl sites for hydroxylation is 1. The van der Waals surface area contributed by atoms with E-state index in [0.717, 1.165) is 17.6 Å². The van der Waals surface area contributed by atoms with E-state index in [1.807, 2.05) is 6.07 Å². The smallest absolute Gasteiger partial charge is 0.201 e. The van der Waals surface area contributed by atoms with Crippen molar-refractivity contribution in [2.24, 2.45) is 5.41 Å². The highest BCUT2D eigenvalue weighted by Gasteiger charge is 2.16. The third-order valence-electron chi connectivity index (χ3n) is 2.57. The lowest BCUT2D eigenvalue weighted by Crippen LogP contribution is -2.17. The van der Waals surface area contributed by atoms with E-state index in [9.17, 15) is 0 Å². The summed E-state index contributed by atoms with van der Waals surface area (Å²) in [4.78, 5) is 4.38. The van der Waals surface area contributed by atoms with Gasteiger partial charge in [0.2, 0.25) is 5.95 Å². The molecule has 0 fully saturated rings. The van der Waals surface area contributed by atoms with Crippen LogP contribution in [0.2, 0.25) is 0 Å². The first-order valence-electron chi connectivity index (χ1n) is 5.59. The number of anilines is 1. The van der Waals surface area contributed by atoms with Crippen LogP contribution in [0.3, 0.4) is 0 Å². The molecular formula is C13H19N3. The van der Waals surface area contributed by atoms with Crippen molar-refractivity contribution in [2.75, 3.05) is 5.73 Å². The lowest BCUT2D eigenvalue weighted by atomic mass is 9.97. The summed E-state index contributed by atoms with van der Waals surface area (Å²) in [6, 6.07) is 6.24. The van der Waals surface area contributed by atoms with Gasteiger partial charge in [0.05, 0.1) is 11.0 Å². The Morgan fingerprint density at radius 3 is 2.62 bits per heavy atom. The fraction of sp³-hybridized carbons (Fsp3) is 0.462. The van der Waals surface area contributed by atoms with Gasteiger partial charge < -0.3 is 10.3 Å². The Balaban J connectivity index is 2.58. The summed E-state index contributed by atoms with van der Waals surface area (Å²) >= 11 is 0. The Kier molecular flexibility index (Phi) is 2.41. The van der Waals surface area contributed by atoms with Gasteiger partial charge in [0.1, 0.15) is 0 Å². The van der Waals surface area contributed by atoms with Crippen LogP contribution in [0.25, 0.3) is 11.0 Å². The predicted molar refractivity (Wildman–Crippen MR) is 68.3 cm³/mol. The normalized spacial score (nSPS) is 12.2. The van der Waals surface area contributed by atoms with Crippen LogP contribution in [-0.2, 0) is 6.54 Å². The summed E-state index contributed by atoms with van der Waals surface area (Å²) in [7, 11) is 0. The van der Waals surface area contributed by atoms with Crippen LogP contribution in [0.4, 0.5) is 5.95 Å². The van der Waals surface area contributed by atoms with Crippen LogP contribution in [-0.4, -0.2) is 9.55 Å². The molecule has 0 spiro atoms.